The summed E-state index contributed by atoms with van der Waals surface area (Å²) in [6, 6.07) is 19.4. The Morgan fingerprint density at radius 1 is 1.09 bits per heavy atom. The number of hydrogen-bond acceptors (Lipinski definition) is 8. The highest BCUT2D eigenvalue weighted by Crippen LogP contribution is 2.38. The second-order valence-corrected chi connectivity index (χ2v) is 8.80. The maximum absolute atomic E-state index is 13.5. The zero-order valence-corrected chi connectivity index (χ0v) is 20.0. The van der Waals surface area contributed by atoms with Gasteiger partial charge in [0.05, 0.1) is 12.0 Å². The minimum absolute atomic E-state index is 0.118. The number of anilines is 1. The van der Waals surface area contributed by atoms with Crippen molar-refractivity contribution in [3.63, 3.8) is 0 Å². The Kier molecular flexibility index (Phi) is 7.06. The van der Waals surface area contributed by atoms with E-state index in [4.69, 9.17) is 4.74 Å². The minimum atomic E-state index is -0.794. The molecule has 0 unspecified atom stereocenters. The quantitative estimate of drug-likeness (QED) is 0.215. The number of thioether (sulfide) groups is 1. The first kappa shape index (κ1) is 23.9. The average Bonchev–Trinajstić information content (AvgIpc) is 3.32. The number of hydrogen-bond donors (Lipinski definition) is 1. The number of methoxy groups -OCH3 is 1. The molecule has 0 bridgehead atoms. The first-order valence-corrected chi connectivity index (χ1v) is 11.5. The molecule has 35 heavy (non-hydrogen) atoms. The van der Waals surface area contributed by atoms with Crippen LogP contribution >= 0.6 is 11.8 Å². The molecule has 1 aromatic heterocycles. The van der Waals surface area contributed by atoms with E-state index in [1.807, 2.05) is 55.5 Å². The SMILES string of the molecule is COc1ccc(C)cc1-n1nnnc1S[C@@H](C(=O)Nc1ccc(C)cc1[N+](=O)[O-])c1ccccc1. The van der Waals surface area contributed by atoms with Crippen LogP contribution in [0.1, 0.15) is 21.9 Å². The number of nitrogens with zero attached hydrogens (tertiary/aromatic N) is 5. The predicted molar refractivity (Wildman–Crippen MR) is 132 cm³/mol. The maximum atomic E-state index is 13.5. The van der Waals surface area contributed by atoms with E-state index < -0.39 is 16.1 Å². The Hall–Kier alpha value is -4.25. The van der Waals surface area contributed by atoms with Gasteiger partial charge in [-0.2, -0.15) is 4.68 Å². The van der Waals surface area contributed by atoms with E-state index in [2.05, 4.69) is 20.8 Å². The molecule has 1 heterocycles. The van der Waals surface area contributed by atoms with Crippen molar-refractivity contribution in [1.29, 1.82) is 0 Å². The molecule has 1 atom stereocenters. The molecule has 10 nitrogen and oxygen atoms in total. The van der Waals surface area contributed by atoms with Crippen LogP contribution in [0.5, 0.6) is 5.75 Å². The van der Waals surface area contributed by atoms with Gasteiger partial charge in [-0.3, -0.25) is 14.9 Å². The number of nitrogens with one attached hydrogen (secondary N) is 1. The normalized spacial score (nSPS) is 11.6. The number of rotatable bonds is 8. The van der Waals surface area contributed by atoms with Gasteiger partial charge in [-0.15, -0.1) is 5.10 Å². The van der Waals surface area contributed by atoms with Gasteiger partial charge in [-0.1, -0.05) is 54.2 Å². The van der Waals surface area contributed by atoms with Crippen molar-refractivity contribution in [2.75, 3.05) is 12.4 Å². The van der Waals surface area contributed by atoms with E-state index >= 15 is 0 Å². The van der Waals surface area contributed by atoms with Gasteiger partial charge in [0.2, 0.25) is 11.1 Å². The molecule has 178 valence electrons. The smallest absolute Gasteiger partial charge is 0.293 e. The standard InChI is InChI=1S/C24H22N6O4S/c1-15-9-11-18(19(13-15)30(32)33)25-23(31)22(17-7-5-4-6-8-17)35-24-26-27-28-29(24)20-14-16(2)10-12-21(20)34-3/h4-14,22H,1-3H3,(H,25,31)/t22-/m1/s1. The number of benzene rings is 3. The summed E-state index contributed by atoms with van der Waals surface area (Å²) in [6.07, 6.45) is 0. The zero-order chi connectivity index (χ0) is 24.9. The maximum Gasteiger partial charge on any atom is 0.293 e. The number of aromatic nitrogens is 4. The molecular formula is C24H22N6O4S. The van der Waals surface area contributed by atoms with Crippen LogP contribution in [-0.2, 0) is 4.79 Å². The van der Waals surface area contributed by atoms with Crippen LogP contribution in [0.2, 0.25) is 0 Å². The summed E-state index contributed by atoms with van der Waals surface area (Å²) in [6.45, 7) is 3.69. The number of tetrazole rings is 1. The molecule has 0 aliphatic rings. The number of carbonyl (C=O) groups excluding carboxylic acids is 1. The number of nitro benzene ring substituents is 1. The van der Waals surface area contributed by atoms with Gasteiger partial charge in [-0.05, 0) is 59.2 Å². The number of ether oxygens (including phenoxy) is 1. The van der Waals surface area contributed by atoms with Crippen LogP contribution in [0, 0.1) is 24.0 Å². The fraction of sp³-hybridized carbons (Fsp3) is 0.167. The Morgan fingerprint density at radius 2 is 1.80 bits per heavy atom. The third-order valence-corrected chi connectivity index (χ3v) is 6.36. The van der Waals surface area contributed by atoms with Gasteiger partial charge in [0.15, 0.2) is 0 Å². The summed E-state index contributed by atoms with van der Waals surface area (Å²) in [5.41, 5.74) is 2.96. The topological polar surface area (TPSA) is 125 Å². The molecule has 0 aliphatic carbocycles. The molecule has 0 aliphatic heterocycles. The highest BCUT2D eigenvalue weighted by molar-refractivity contribution is 8.00. The van der Waals surface area contributed by atoms with E-state index in [0.29, 0.717) is 22.2 Å². The average molecular weight is 491 g/mol. The first-order chi connectivity index (χ1) is 16.9. The molecule has 4 rings (SSSR count). The monoisotopic (exact) mass is 490 g/mol. The lowest BCUT2D eigenvalue weighted by Crippen LogP contribution is -2.20. The molecule has 11 heteroatoms. The lowest BCUT2D eigenvalue weighted by molar-refractivity contribution is -0.384. The van der Waals surface area contributed by atoms with Crippen molar-refractivity contribution in [2.45, 2.75) is 24.3 Å². The third-order valence-electron chi connectivity index (χ3n) is 5.17. The van der Waals surface area contributed by atoms with Gasteiger partial charge in [0.1, 0.15) is 22.4 Å². The molecule has 0 radical (unpaired) electrons. The molecular weight excluding hydrogens is 468 g/mol. The molecule has 1 amide bonds. The van der Waals surface area contributed by atoms with Gasteiger partial charge >= 0.3 is 0 Å². The van der Waals surface area contributed by atoms with Crippen molar-refractivity contribution in [3.05, 3.63) is 93.5 Å². The number of amides is 1. The van der Waals surface area contributed by atoms with Crippen LogP contribution < -0.4 is 10.1 Å². The Balaban J connectivity index is 1.71. The molecule has 3 aromatic carbocycles. The van der Waals surface area contributed by atoms with Crippen molar-refractivity contribution in [1.82, 2.24) is 20.2 Å². The molecule has 1 N–H and O–H groups in total. The van der Waals surface area contributed by atoms with Gasteiger partial charge in [-0.25, -0.2) is 0 Å². The van der Waals surface area contributed by atoms with E-state index in [1.54, 1.807) is 20.1 Å². The van der Waals surface area contributed by atoms with E-state index in [0.717, 1.165) is 22.9 Å². The lowest BCUT2D eigenvalue weighted by Gasteiger charge is -2.17. The minimum Gasteiger partial charge on any atom is -0.494 e. The van der Waals surface area contributed by atoms with Crippen LogP contribution in [0.15, 0.2) is 71.9 Å². The third kappa shape index (κ3) is 5.30. The molecule has 0 spiro atoms. The van der Waals surface area contributed by atoms with Gasteiger partial charge in [0, 0.05) is 6.07 Å². The number of aryl methyl sites for hydroxylation is 2. The van der Waals surface area contributed by atoms with Crippen LogP contribution in [0.3, 0.4) is 0 Å². The summed E-state index contributed by atoms with van der Waals surface area (Å²) in [4.78, 5) is 24.5. The Bertz CT molecular complexity index is 1380. The van der Waals surface area contributed by atoms with Crippen molar-refractivity contribution in [3.8, 4) is 11.4 Å². The zero-order valence-electron chi connectivity index (χ0n) is 19.2. The Morgan fingerprint density at radius 3 is 2.51 bits per heavy atom. The Labute approximate surface area is 205 Å². The highest BCUT2D eigenvalue weighted by Gasteiger charge is 2.28. The van der Waals surface area contributed by atoms with E-state index in [9.17, 15) is 14.9 Å². The summed E-state index contributed by atoms with van der Waals surface area (Å²) < 4.78 is 6.98. The fourth-order valence-electron chi connectivity index (χ4n) is 3.47. The molecule has 0 fully saturated rings. The first-order valence-electron chi connectivity index (χ1n) is 10.6. The predicted octanol–water partition coefficient (Wildman–Crippen LogP) is 4.67. The summed E-state index contributed by atoms with van der Waals surface area (Å²) in [7, 11) is 1.56. The van der Waals surface area contributed by atoms with E-state index in [1.165, 1.54) is 16.8 Å². The van der Waals surface area contributed by atoms with Crippen molar-refractivity contribution in [2.24, 2.45) is 0 Å². The fourth-order valence-corrected chi connectivity index (χ4v) is 4.46. The number of carbonyl (C=O) groups is 1. The van der Waals surface area contributed by atoms with Crippen molar-refractivity contribution < 1.29 is 14.5 Å². The second kappa shape index (κ2) is 10.3. The summed E-state index contributed by atoms with van der Waals surface area (Å²) in [5.74, 6) is 0.125. The highest BCUT2D eigenvalue weighted by atomic mass is 32.2. The second-order valence-electron chi connectivity index (χ2n) is 7.72. The number of nitro groups is 1. The molecule has 4 aromatic rings. The van der Waals surface area contributed by atoms with Crippen molar-refractivity contribution >= 4 is 29.0 Å². The van der Waals surface area contributed by atoms with Crippen LogP contribution in [-0.4, -0.2) is 38.1 Å². The van der Waals surface area contributed by atoms with Crippen LogP contribution in [0.25, 0.3) is 5.69 Å². The summed E-state index contributed by atoms with van der Waals surface area (Å²) >= 11 is 1.13. The largest absolute Gasteiger partial charge is 0.494 e. The van der Waals surface area contributed by atoms with Gasteiger partial charge in [0.25, 0.3) is 5.69 Å². The summed E-state index contributed by atoms with van der Waals surface area (Å²) in [5, 5.41) is 25.9. The van der Waals surface area contributed by atoms with Gasteiger partial charge < -0.3 is 10.1 Å². The molecule has 0 saturated carbocycles. The lowest BCUT2D eigenvalue weighted by atomic mass is 10.1. The van der Waals surface area contributed by atoms with E-state index in [-0.39, 0.29) is 11.4 Å². The molecule has 0 saturated heterocycles. The van der Waals surface area contributed by atoms with Crippen LogP contribution in [0.4, 0.5) is 11.4 Å².